The highest BCUT2D eigenvalue weighted by Gasteiger charge is 2.37. The lowest BCUT2D eigenvalue weighted by Gasteiger charge is -2.35. The number of carboxylic acid groups (broad SMARTS) is 1. The second-order valence-corrected chi connectivity index (χ2v) is 4.64. The van der Waals surface area contributed by atoms with Gasteiger partial charge in [0.2, 0.25) is 0 Å². The smallest absolute Gasteiger partial charge is 0.303 e. The number of carbonyl (C=O) groups is 1. The van der Waals surface area contributed by atoms with E-state index in [0.717, 1.165) is 19.3 Å². The third-order valence-electron chi connectivity index (χ3n) is 3.77. The van der Waals surface area contributed by atoms with Crippen molar-refractivity contribution in [2.75, 3.05) is 6.54 Å². The summed E-state index contributed by atoms with van der Waals surface area (Å²) >= 11 is 0. The zero-order valence-corrected chi connectivity index (χ0v) is 8.96. The topological polar surface area (TPSA) is 63.3 Å². The van der Waals surface area contributed by atoms with Gasteiger partial charge in [-0.1, -0.05) is 32.6 Å². The quantitative estimate of drug-likeness (QED) is 0.683. The van der Waals surface area contributed by atoms with Crippen LogP contribution in [-0.4, -0.2) is 17.6 Å². The van der Waals surface area contributed by atoms with Gasteiger partial charge < -0.3 is 10.8 Å². The summed E-state index contributed by atoms with van der Waals surface area (Å²) < 4.78 is 0. The molecule has 82 valence electrons. The fourth-order valence-electron chi connectivity index (χ4n) is 2.60. The second-order valence-electron chi connectivity index (χ2n) is 4.64. The number of hydrogen-bond donors (Lipinski definition) is 2. The molecule has 0 aromatic carbocycles. The molecule has 14 heavy (non-hydrogen) atoms. The molecule has 2 unspecified atom stereocenters. The van der Waals surface area contributed by atoms with Crippen LogP contribution >= 0.6 is 0 Å². The summed E-state index contributed by atoms with van der Waals surface area (Å²) in [7, 11) is 0. The second kappa shape index (κ2) is 4.78. The largest absolute Gasteiger partial charge is 0.481 e. The average Bonchev–Trinajstić information content (AvgIpc) is 2.29. The van der Waals surface area contributed by atoms with E-state index in [1.54, 1.807) is 0 Å². The van der Waals surface area contributed by atoms with Crippen LogP contribution in [0.2, 0.25) is 0 Å². The molecule has 3 heteroatoms. The maximum atomic E-state index is 10.8. The predicted molar refractivity (Wildman–Crippen MR) is 56.0 cm³/mol. The molecule has 1 aliphatic carbocycles. The Morgan fingerprint density at radius 2 is 2.21 bits per heavy atom. The predicted octanol–water partition coefficient (Wildman–Crippen LogP) is 2.01. The third-order valence-corrected chi connectivity index (χ3v) is 3.77. The first-order valence-corrected chi connectivity index (χ1v) is 5.52. The van der Waals surface area contributed by atoms with Crippen molar-refractivity contribution in [3.8, 4) is 0 Å². The normalized spacial score (nSPS) is 33.7. The van der Waals surface area contributed by atoms with Crippen LogP contribution in [0.15, 0.2) is 0 Å². The van der Waals surface area contributed by atoms with Gasteiger partial charge in [0.05, 0.1) is 6.42 Å². The summed E-state index contributed by atoms with van der Waals surface area (Å²) in [6, 6.07) is 0. The van der Waals surface area contributed by atoms with Gasteiger partial charge in [-0.15, -0.1) is 0 Å². The molecule has 0 amide bonds. The molecular formula is C11H21NO2. The maximum absolute atomic E-state index is 10.8. The van der Waals surface area contributed by atoms with Crippen LogP contribution in [0.5, 0.6) is 0 Å². The zero-order valence-electron chi connectivity index (χ0n) is 8.96. The Kier molecular flexibility index (Phi) is 3.93. The van der Waals surface area contributed by atoms with Crippen molar-refractivity contribution in [1.82, 2.24) is 0 Å². The van der Waals surface area contributed by atoms with E-state index >= 15 is 0 Å². The van der Waals surface area contributed by atoms with Gasteiger partial charge in [-0.3, -0.25) is 4.79 Å². The van der Waals surface area contributed by atoms with Gasteiger partial charge >= 0.3 is 5.97 Å². The molecule has 0 heterocycles. The summed E-state index contributed by atoms with van der Waals surface area (Å²) in [6.07, 6.45) is 5.94. The molecule has 0 aromatic rings. The molecule has 0 spiro atoms. The van der Waals surface area contributed by atoms with Gasteiger partial charge in [0.1, 0.15) is 0 Å². The molecule has 3 N–H and O–H groups in total. The summed E-state index contributed by atoms with van der Waals surface area (Å²) in [6.45, 7) is 2.67. The highest BCUT2D eigenvalue weighted by atomic mass is 16.4. The zero-order chi connectivity index (χ0) is 10.6. The van der Waals surface area contributed by atoms with Crippen molar-refractivity contribution in [2.24, 2.45) is 17.1 Å². The molecule has 0 bridgehead atoms. The molecule has 1 saturated carbocycles. The van der Waals surface area contributed by atoms with Crippen molar-refractivity contribution in [3.63, 3.8) is 0 Å². The summed E-state index contributed by atoms with van der Waals surface area (Å²) in [5.74, 6) is -0.254. The van der Waals surface area contributed by atoms with Gasteiger partial charge in [-0.25, -0.2) is 0 Å². The van der Waals surface area contributed by atoms with Crippen molar-refractivity contribution in [3.05, 3.63) is 0 Å². The minimum Gasteiger partial charge on any atom is -0.481 e. The Balaban J connectivity index is 2.75. The summed E-state index contributed by atoms with van der Waals surface area (Å²) in [5, 5.41) is 8.92. The van der Waals surface area contributed by atoms with Gasteiger partial charge in [0.25, 0.3) is 0 Å². The first-order valence-electron chi connectivity index (χ1n) is 5.52. The fourth-order valence-corrected chi connectivity index (χ4v) is 2.60. The lowest BCUT2D eigenvalue weighted by molar-refractivity contribution is -0.140. The third kappa shape index (κ3) is 2.47. The van der Waals surface area contributed by atoms with Crippen LogP contribution in [0.3, 0.4) is 0 Å². The van der Waals surface area contributed by atoms with E-state index in [1.165, 1.54) is 12.8 Å². The molecule has 2 atom stereocenters. The maximum Gasteiger partial charge on any atom is 0.303 e. The Labute approximate surface area is 85.7 Å². The Hall–Kier alpha value is -0.570. The van der Waals surface area contributed by atoms with Crippen LogP contribution in [0, 0.1) is 11.3 Å². The van der Waals surface area contributed by atoms with Crippen LogP contribution in [0.25, 0.3) is 0 Å². The molecule has 1 rings (SSSR count). The van der Waals surface area contributed by atoms with E-state index in [1.807, 2.05) is 0 Å². The highest BCUT2D eigenvalue weighted by molar-refractivity contribution is 5.67. The SMILES string of the molecule is CC1CCCCCC1(CN)CC(=O)O. The molecule has 0 radical (unpaired) electrons. The van der Waals surface area contributed by atoms with E-state index in [-0.39, 0.29) is 11.8 Å². The average molecular weight is 199 g/mol. The summed E-state index contributed by atoms with van der Waals surface area (Å²) in [5.41, 5.74) is 5.65. The molecule has 0 aromatic heterocycles. The number of nitrogens with two attached hydrogens (primary N) is 1. The lowest BCUT2D eigenvalue weighted by atomic mass is 9.70. The Morgan fingerprint density at radius 1 is 1.50 bits per heavy atom. The van der Waals surface area contributed by atoms with E-state index in [2.05, 4.69) is 6.92 Å². The molecule has 1 aliphatic rings. The van der Waals surface area contributed by atoms with E-state index in [4.69, 9.17) is 10.8 Å². The highest BCUT2D eigenvalue weighted by Crippen LogP contribution is 2.41. The molecular weight excluding hydrogens is 178 g/mol. The van der Waals surface area contributed by atoms with Crippen molar-refractivity contribution < 1.29 is 9.90 Å². The van der Waals surface area contributed by atoms with Crippen molar-refractivity contribution in [1.29, 1.82) is 0 Å². The van der Waals surface area contributed by atoms with Gasteiger partial charge in [-0.2, -0.15) is 0 Å². The van der Waals surface area contributed by atoms with Gasteiger partial charge in [-0.05, 0) is 24.3 Å². The van der Waals surface area contributed by atoms with E-state index in [9.17, 15) is 4.79 Å². The number of carboxylic acids is 1. The van der Waals surface area contributed by atoms with Crippen molar-refractivity contribution in [2.45, 2.75) is 45.4 Å². The minimum absolute atomic E-state index is 0.137. The van der Waals surface area contributed by atoms with Crippen LogP contribution < -0.4 is 5.73 Å². The van der Waals surface area contributed by atoms with Crippen molar-refractivity contribution >= 4 is 5.97 Å². The molecule has 3 nitrogen and oxygen atoms in total. The van der Waals surface area contributed by atoms with Gasteiger partial charge in [0, 0.05) is 0 Å². The Bertz CT molecular complexity index is 205. The standard InChI is InChI=1S/C11H21NO2/c1-9-5-3-2-4-6-11(9,8-12)7-10(13)14/h9H,2-8,12H2,1H3,(H,13,14). The summed E-state index contributed by atoms with van der Waals surface area (Å²) in [4.78, 5) is 10.8. The number of hydrogen-bond acceptors (Lipinski definition) is 2. The first-order chi connectivity index (χ1) is 6.60. The minimum atomic E-state index is -0.704. The van der Waals surface area contributed by atoms with Crippen LogP contribution in [0.1, 0.15) is 45.4 Å². The lowest BCUT2D eigenvalue weighted by Crippen LogP contribution is -2.38. The van der Waals surface area contributed by atoms with E-state index in [0.29, 0.717) is 12.5 Å². The van der Waals surface area contributed by atoms with Crippen LogP contribution in [-0.2, 0) is 4.79 Å². The molecule has 0 aliphatic heterocycles. The van der Waals surface area contributed by atoms with Gasteiger partial charge in [0.15, 0.2) is 0 Å². The first kappa shape index (κ1) is 11.5. The molecule has 1 fully saturated rings. The molecule has 0 saturated heterocycles. The fraction of sp³-hybridized carbons (Fsp3) is 0.909. The number of rotatable bonds is 3. The van der Waals surface area contributed by atoms with E-state index < -0.39 is 5.97 Å². The Morgan fingerprint density at radius 3 is 2.79 bits per heavy atom. The number of aliphatic carboxylic acids is 1. The monoisotopic (exact) mass is 199 g/mol. The van der Waals surface area contributed by atoms with Crippen LogP contribution in [0.4, 0.5) is 0 Å².